The molecule has 0 bridgehead atoms. The largest absolute Gasteiger partial charge is 0.504 e. The molecule has 1 heterocycles. The van der Waals surface area contributed by atoms with E-state index < -0.39 is 0 Å². The number of rotatable bonds is 4. The lowest BCUT2D eigenvalue weighted by atomic mass is 10.1. The molecule has 0 aliphatic carbocycles. The standard InChI is InChI=1S/C22H16Br2N2O2/c1-28-19-12-15(6-11-18(19)27)22-25-20(13-2-7-16(23)8-3-13)21(26-22)14-4-9-17(24)10-5-14/h2-12,27H,1H3,(H,25,26). The van der Waals surface area contributed by atoms with E-state index >= 15 is 0 Å². The van der Waals surface area contributed by atoms with E-state index in [2.05, 4.69) is 36.8 Å². The predicted octanol–water partition coefficient (Wildman–Crippen LogP) is 6.65. The van der Waals surface area contributed by atoms with Crippen LogP contribution in [-0.2, 0) is 0 Å². The minimum Gasteiger partial charge on any atom is -0.504 e. The third-order valence-corrected chi connectivity index (χ3v) is 5.46. The van der Waals surface area contributed by atoms with Crippen molar-refractivity contribution in [2.45, 2.75) is 0 Å². The van der Waals surface area contributed by atoms with E-state index in [9.17, 15) is 5.11 Å². The van der Waals surface area contributed by atoms with Crippen molar-refractivity contribution in [2.75, 3.05) is 7.11 Å². The van der Waals surface area contributed by atoms with E-state index in [0.717, 1.165) is 37.0 Å². The van der Waals surface area contributed by atoms with Crippen molar-refractivity contribution in [2.24, 2.45) is 0 Å². The van der Waals surface area contributed by atoms with Gasteiger partial charge >= 0.3 is 0 Å². The Labute approximate surface area is 179 Å². The molecule has 0 fully saturated rings. The lowest BCUT2D eigenvalue weighted by Crippen LogP contribution is -1.86. The highest BCUT2D eigenvalue weighted by molar-refractivity contribution is 9.10. The Hall–Kier alpha value is -2.57. The number of aromatic hydroxyl groups is 1. The van der Waals surface area contributed by atoms with Crippen LogP contribution in [0.2, 0.25) is 0 Å². The van der Waals surface area contributed by atoms with Gasteiger partial charge in [-0.2, -0.15) is 0 Å². The molecule has 0 saturated carbocycles. The first-order valence-electron chi connectivity index (χ1n) is 8.54. The number of hydrogen-bond acceptors (Lipinski definition) is 3. The second kappa shape index (κ2) is 7.81. The Bertz CT molecular complexity index is 1060. The molecule has 2 N–H and O–H groups in total. The van der Waals surface area contributed by atoms with E-state index in [1.165, 1.54) is 7.11 Å². The highest BCUT2D eigenvalue weighted by Crippen LogP contribution is 2.36. The van der Waals surface area contributed by atoms with Crippen LogP contribution in [0, 0.1) is 0 Å². The maximum Gasteiger partial charge on any atom is 0.161 e. The monoisotopic (exact) mass is 498 g/mol. The van der Waals surface area contributed by atoms with Crippen LogP contribution in [0.4, 0.5) is 0 Å². The molecule has 0 amide bonds. The Kier molecular flexibility index (Phi) is 5.24. The Morgan fingerprint density at radius 2 is 1.39 bits per heavy atom. The number of aromatic nitrogens is 2. The molecule has 140 valence electrons. The summed E-state index contributed by atoms with van der Waals surface area (Å²) in [4.78, 5) is 8.31. The van der Waals surface area contributed by atoms with Gasteiger partial charge in [0.25, 0.3) is 0 Å². The number of imidazole rings is 1. The molecule has 3 aromatic carbocycles. The lowest BCUT2D eigenvalue weighted by molar-refractivity contribution is 0.373. The van der Waals surface area contributed by atoms with Gasteiger partial charge in [0, 0.05) is 25.6 Å². The number of H-pyrrole nitrogens is 1. The molecule has 4 nitrogen and oxygen atoms in total. The molecule has 6 heteroatoms. The van der Waals surface area contributed by atoms with Crippen LogP contribution in [0.3, 0.4) is 0 Å². The topological polar surface area (TPSA) is 58.1 Å². The molecule has 0 radical (unpaired) electrons. The van der Waals surface area contributed by atoms with Crippen LogP contribution in [0.25, 0.3) is 33.9 Å². The number of hydrogen-bond donors (Lipinski definition) is 2. The molecular formula is C22H16Br2N2O2. The summed E-state index contributed by atoms with van der Waals surface area (Å²) in [6.07, 6.45) is 0. The van der Waals surface area contributed by atoms with Crippen molar-refractivity contribution in [3.05, 3.63) is 75.7 Å². The van der Waals surface area contributed by atoms with Crippen LogP contribution >= 0.6 is 31.9 Å². The van der Waals surface area contributed by atoms with Crippen LogP contribution in [0.1, 0.15) is 0 Å². The maximum absolute atomic E-state index is 9.89. The quantitative estimate of drug-likeness (QED) is 0.330. The van der Waals surface area contributed by atoms with Gasteiger partial charge in [0.05, 0.1) is 18.5 Å². The van der Waals surface area contributed by atoms with Crippen molar-refractivity contribution in [1.29, 1.82) is 0 Å². The first-order valence-corrected chi connectivity index (χ1v) is 10.1. The van der Waals surface area contributed by atoms with Gasteiger partial charge in [-0.25, -0.2) is 4.98 Å². The number of methoxy groups -OCH3 is 1. The zero-order valence-corrected chi connectivity index (χ0v) is 18.1. The normalized spacial score (nSPS) is 10.8. The predicted molar refractivity (Wildman–Crippen MR) is 119 cm³/mol. The number of nitrogens with zero attached hydrogens (tertiary/aromatic N) is 1. The first kappa shape index (κ1) is 18.8. The summed E-state index contributed by atoms with van der Waals surface area (Å²) in [5.41, 5.74) is 4.66. The molecule has 4 aromatic rings. The third kappa shape index (κ3) is 3.70. The zero-order chi connectivity index (χ0) is 19.7. The van der Waals surface area contributed by atoms with Gasteiger partial charge in [0.15, 0.2) is 11.5 Å². The number of halogens is 2. The average Bonchev–Trinajstić information content (AvgIpc) is 3.15. The molecular weight excluding hydrogens is 484 g/mol. The van der Waals surface area contributed by atoms with Crippen molar-refractivity contribution in [3.8, 4) is 45.4 Å². The van der Waals surface area contributed by atoms with Crippen LogP contribution < -0.4 is 4.74 Å². The number of ether oxygens (including phenoxy) is 1. The van der Waals surface area contributed by atoms with Gasteiger partial charge < -0.3 is 14.8 Å². The second-order valence-electron chi connectivity index (χ2n) is 6.21. The van der Waals surface area contributed by atoms with E-state index in [0.29, 0.717) is 11.6 Å². The van der Waals surface area contributed by atoms with Crippen LogP contribution in [-0.4, -0.2) is 22.2 Å². The van der Waals surface area contributed by atoms with Crippen molar-refractivity contribution in [3.63, 3.8) is 0 Å². The van der Waals surface area contributed by atoms with Gasteiger partial charge in [-0.3, -0.25) is 0 Å². The molecule has 4 rings (SSSR count). The van der Waals surface area contributed by atoms with E-state index in [4.69, 9.17) is 9.72 Å². The fraction of sp³-hybridized carbons (Fsp3) is 0.0455. The number of phenolic OH excluding ortho intramolecular Hbond substituents is 1. The molecule has 0 atom stereocenters. The molecule has 0 aliphatic rings. The number of phenols is 1. The van der Waals surface area contributed by atoms with Crippen molar-refractivity contribution >= 4 is 31.9 Å². The SMILES string of the molecule is COc1cc(-c2nc(-c3ccc(Br)cc3)c(-c3ccc(Br)cc3)[nH]2)ccc1O. The minimum atomic E-state index is 0.0964. The summed E-state index contributed by atoms with van der Waals surface area (Å²) in [5, 5.41) is 9.89. The van der Waals surface area contributed by atoms with Crippen LogP contribution in [0.15, 0.2) is 75.7 Å². The summed E-state index contributed by atoms with van der Waals surface area (Å²) in [6, 6.07) is 21.3. The summed E-state index contributed by atoms with van der Waals surface area (Å²) in [6.45, 7) is 0. The molecule has 0 unspecified atom stereocenters. The summed E-state index contributed by atoms with van der Waals surface area (Å²) in [7, 11) is 1.53. The lowest BCUT2D eigenvalue weighted by Gasteiger charge is -2.04. The number of aromatic amines is 1. The fourth-order valence-electron chi connectivity index (χ4n) is 2.98. The van der Waals surface area contributed by atoms with E-state index in [1.54, 1.807) is 12.1 Å². The van der Waals surface area contributed by atoms with Crippen molar-refractivity contribution < 1.29 is 9.84 Å². The maximum atomic E-state index is 9.89. The molecule has 0 spiro atoms. The summed E-state index contributed by atoms with van der Waals surface area (Å²) >= 11 is 6.97. The number of nitrogens with one attached hydrogen (secondary N) is 1. The Balaban J connectivity index is 1.89. The van der Waals surface area contributed by atoms with E-state index in [1.807, 2.05) is 54.6 Å². The second-order valence-corrected chi connectivity index (χ2v) is 8.04. The smallest absolute Gasteiger partial charge is 0.161 e. The Morgan fingerprint density at radius 3 is 2.00 bits per heavy atom. The van der Waals surface area contributed by atoms with Crippen molar-refractivity contribution in [1.82, 2.24) is 9.97 Å². The summed E-state index contributed by atoms with van der Waals surface area (Å²) in [5.74, 6) is 1.21. The van der Waals surface area contributed by atoms with E-state index in [-0.39, 0.29) is 5.75 Å². The van der Waals surface area contributed by atoms with Gasteiger partial charge in [0.1, 0.15) is 5.82 Å². The third-order valence-electron chi connectivity index (χ3n) is 4.41. The van der Waals surface area contributed by atoms with Gasteiger partial charge in [-0.05, 0) is 42.5 Å². The molecule has 0 aliphatic heterocycles. The minimum absolute atomic E-state index is 0.0964. The van der Waals surface area contributed by atoms with Gasteiger partial charge in [0.2, 0.25) is 0 Å². The molecule has 0 saturated heterocycles. The van der Waals surface area contributed by atoms with Crippen LogP contribution in [0.5, 0.6) is 11.5 Å². The Morgan fingerprint density at radius 1 is 0.821 bits per heavy atom. The first-order chi connectivity index (χ1) is 13.5. The number of benzene rings is 3. The van der Waals surface area contributed by atoms with Gasteiger partial charge in [-0.1, -0.05) is 56.1 Å². The average molecular weight is 500 g/mol. The summed E-state index contributed by atoms with van der Waals surface area (Å²) < 4.78 is 7.27. The fourth-order valence-corrected chi connectivity index (χ4v) is 3.51. The highest BCUT2D eigenvalue weighted by atomic mass is 79.9. The molecule has 1 aromatic heterocycles. The zero-order valence-electron chi connectivity index (χ0n) is 14.9. The highest BCUT2D eigenvalue weighted by Gasteiger charge is 2.16. The molecule has 28 heavy (non-hydrogen) atoms. The van der Waals surface area contributed by atoms with Gasteiger partial charge in [-0.15, -0.1) is 0 Å².